The first-order valence-electron chi connectivity index (χ1n) is 6.37. The molecule has 0 bridgehead atoms. The van der Waals surface area contributed by atoms with Crippen LogP contribution in [0, 0.1) is 5.41 Å². The van der Waals surface area contributed by atoms with E-state index in [4.69, 9.17) is 9.15 Å². The van der Waals surface area contributed by atoms with Crippen LogP contribution in [-0.4, -0.2) is 12.1 Å². The van der Waals surface area contributed by atoms with Crippen LogP contribution in [0.15, 0.2) is 27.4 Å². The molecule has 0 aromatic carbocycles. The van der Waals surface area contributed by atoms with E-state index in [0.717, 1.165) is 5.56 Å². The molecule has 0 fully saturated rings. The van der Waals surface area contributed by atoms with Gasteiger partial charge in [-0.05, 0) is 26.8 Å². The molecular weight excluding hydrogens is 244 g/mol. The molecule has 19 heavy (non-hydrogen) atoms. The van der Waals surface area contributed by atoms with Crippen molar-refractivity contribution in [3.05, 3.63) is 40.0 Å². The number of carbonyl (C=O) groups is 1. The average Bonchev–Trinajstić information content (AvgIpc) is 2.48. The predicted octanol–water partition coefficient (Wildman–Crippen LogP) is 2.56. The molecule has 0 spiro atoms. The third-order valence-electron chi connectivity index (χ3n) is 2.94. The Hall–Kier alpha value is -1.84. The molecule has 0 N–H and O–H groups in total. The van der Waals surface area contributed by atoms with E-state index < -0.39 is 5.41 Å². The third kappa shape index (κ3) is 3.34. The number of esters is 1. The standard InChI is InChI=1S/C15H18O4/c1-15(2,3)14(17)18-11-6-4-5-10-7-8-13(16)19-12(10)9-11/h4-5,7-8,11H,6,9H2,1-3H3/t11-/m1/s1. The number of carbonyl (C=O) groups excluding carboxylic acids is 1. The molecule has 1 atom stereocenters. The van der Waals surface area contributed by atoms with Gasteiger partial charge in [0.15, 0.2) is 0 Å². The van der Waals surface area contributed by atoms with Crippen molar-refractivity contribution >= 4 is 12.0 Å². The van der Waals surface area contributed by atoms with Gasteiger partial charge in [-0.15, -0.1) is 0 Å². The Labute approximate surface area is 112 Å². The van der Waals surface area contributed by atoms with Crippen molar-refractivity contribution in [2.24, 2.45) is 5.41 Å². The van der Waals surface area contributed by atoms with Crippen molar-refractivity contribution in [1.82, 2.24) is 0 Å². The second-order valence-corrected chi connectivity index (χ2v) is 5.75. The Bertz CT molecular complexity index is 560. The van der Waals surface area contributed by atoms with Crippen molar-refractivity contribution in [2.45, 2.75) is 39.7 Å². The molecule has 4 nitrogen and oxygen atoms in total. The fraction of sp³-hybridized carbons (Fsp3) is 0.467. The van der Waals surface area contributed by atoms with Crippen molar-refractivity contribution < 1.29 is 13.9 Å². The summed E-state index contributed by atoms with van der Waals surface area (Å²) in [6.45, 7) is 5.45. The van der Waals surface area contributed by atoms with Crippen molar-refractivity contribution in [3.8, 4) is 0 Å². The number of hydrogen-bond acceptors (Lipinski definition) is 4. The number of hydrogen-bond donors (Lipinski definition) is 0. The Morgan fingerprint density at radius 2 is 2.11 bits per heavy atom. The van der Waals surface area contributed by atoms with Crippen LogP contribution >= 0.6 is 0 Å². The van der Waals surface area contributed by atoms with E-state index in [9.17, 15) is 9.59 Å². The minimum Gasteiger partial charge on any atom is -0.461 e. The van der Waals surface area contributed by atoms with E-state index in [1.807, 2.05) is 32.9 Å². The number of ether oxygens (including phenoxy) is 1. The molecular formula is C15H18O4. The average molecular weight is 262 g/mol. The molecule has 0 amide bonds. The van der Waals surface area contributed by atoms with Gasteiger partial charge in [0.25, 0.3) is 0 Å². The minimum absolute atomic E-state index is 0.243. The fourth-order valence-electron chi connectivity index (χ4n) is 1.83. The quantitative estimate of drug-likeness (QED) is 0.730. The van der Waals surface area contributed by atoms with Crippen LogP contribution in [0.2, 0.25) is 0 Å². The van der Waals surface area contributed by atoms with E-state index in [0.29, 0.717) is 18.6 Å². The molecule has 1 aromatic heterocycles. The van der Waals surface area contributed by atoms with Crippen LogP contribution in [0.1, 0.15) is 38.5 Å². The van der Waals surface area contributed by atoms with Gasteiger partial charge in [0, 0.05) is 24.5 Å². The second-order valence-electron chi connectivity index (χ2n) is 5.75. The highest BCUT2D eigenvalue weighted by atomic mass is 16.5. The Morgan fingerprint density at radius 3 is 2.79 bits per heavy atom. The van der Waals surface area contributed by atoms with Gasteiger partial charge in [-0.25, -0.2) is 4.79 Å². The Kier molecular flexibility index (Phi) is 3.60. The van der Waals surface area contributed by atoms with E-state index in [-0.39, 0.29) is 17.7 Å². The summed E-state index contributed by atoms with van der Waals surface area (Å²) in [5.74, 6) is 0.334. The lowest BCUT2D eigenvalue weighted by Crippen LogP contribution is -2.29. The van der Waals surface area contributed by atoms with Crippen LogP contribution in [-0.2, 0) is 16.0 Å². The van der Waals surface area contributed by atoms with Crippen molar-refractivity contribution in [2.75, 3.05) is 0 Å². The van der Waals surface area contributed by atoms with E-state index in [1.54, 1.807) is 6.07 Å². The van der Waals surface area contributed by atoms with E-state index in [2.05, 4.69) is 0 Å². The van der Waals surface area contributed by atoms with Gasteiger partial charge in [-0.1, -0.05) is 12.2 Å². The van der Waals surface area contributed by atoms with Crippen molar-refractivity contribution in [1.29, 1.82) is 0 Å². The van der Waals surface area contributed by atoms with Gasteiger partial charge in [0.2, 0.25) is 0 Å². The maximum Gasteiger partial charge on any atom is 0.335 e. The first kappa shape index (κ1) is 13.6. The van der Waals surface area contributed by atoms with Crippen LogP contribution in [0.4, 0.5) is 0 Å². The van der Waals surface area contributed by atoms with Crippen LogP contribution in [0.5, 0.6) is 0 Å². The number of fused-ring (bicyclic) bond motifs is 1. The molecule has 1 aromatic rings. The molecule has 0 unspecified atom stereocenters. The maximum atomic E-state index is 11.9. The van der Waals surface area contributed by atoms with Crippen LogP contribution < -0.4 is 5.63 Å². The molecule has 1 aliphatic rings. The molecule has 0 radical (unpaired) electrons. The zero-order chi connectivity index (χ0) is 14.0. The second kappa shape index (κ2) is 5.03. The third-order valence-corrected chi connectivity index (χ3v) is 2.94. The monoisotopic (exact) mass is 262 g/mol. The smallest absolute Gasteiger partial charge is 0.335 e. The highest BCUT2D eigenvalue weighted by Gasteiger charge is 2.27. The summed E-state index contributed by atoms with van der Waals surface area (Å²) in [6.07, 6.45) is 4.60. The summed E-state index contributed by atoms with van der Waals surface area (Å²) in [6, 6.07) is 3.12. The first-order chi connectivity index (χ1) is 8.86. The zero-order valence-electron chi connectivity index (χ0n) is 11.4. The number of rotatable bonds is 1. The molecule has 1 heterocycles. The summed E-state index contributed by atoms with van der Waals surface area (Å²) in [4.78, 5) is 23.1. The lowest BCUT2D eigenvalue weighted by molar-refractivity contribution is -0.158. The molecule has 102 valence electrons. The maximum absolute atomic E-state index is 11.9. The lowest BCUT2D eigenvalue weighted by atomic mass is 9.97. The van der Waals surface area contributed by atoms with Gasteiger partial charge in [-0.3, -0.25) is 4.79 Å². The van der Waals surface area contributed by atoms with Crippen LogP contribution in [0.3, 0.4) is 0 Å². The van der Waals surface area contributed by atoms with Crippen LogP contribution in [0.25, 0.3) is 6.08 Å². The molecule has 0 saturated heterocycles. The SMILES string of the molecule is CC(C)(C)C(=O)O[C@@H]1CC=Cc2ccc(=O)oc2C1. The molecule has 4 heteroatoms. The summed E-state index contributed by atoms with van der Waals surface area (Å²) in [5, 5.41) is 0. The van der Waals surface area contributed by atoms with Gasteiger partial charge >= 0.3 is 11.6 Å². The molecule has 2 rings (SSSR count). The predicted molar refractivity (Wildman–Crippen MR) is 71.7 cm³/mol. The lowest BCUT2D eigenvalue weighted by Gasteiger charge is -2.22. The van der Waals surface area contributed by atoms with Crippen molar-refractivity contribution in [3.63, 3.8) is 0 Å². The zero-order valence-corrected chi connectivity index (χ0v) is 11.4. The summed E-state index contributed by atoms with van der Waals surface area (Å²) in [7, 11) is 0. The largest absolute Gasteiger partial charge is 0.461 e. The minimum atomic E-state index is -0.531. The molecule has 0 aliphatic heterocycles. The highest BCUT2D eigenvalue weighted by Crippen LogP contribution is 2.23. The van der Waals surface area contributed by atoms with Gasteiger partial charge in [0.1, 0.15) is 11.9 Å². The van der Waals surface area contributed by atoms with E-state index in [1.165, 1.54) is 6.07 Å². The van der Waals surface area contributed by atoms with Gasteiger partial charge in [0.05, 0.1) is 5.41 Å². The normalized spacial score (nSPS) is 18.6. The topological polar surface area (TPSA) is 56.5 Å². The summed E-state index contributed by atoms with van der Waals surface area (Å²) in [5.41, 5.74) is -0.0417. The highest BCUT2D eigenvalue weighted by molar-refractivity contribution is 5.75. The van der Waals surface area contributed by atoms with Gasteiger partial charge < -0.3 is 9.15 Å². The molecule has 0 saturated carbocycles. The first-order valence-corrected chi connectivity index (χ1v) is 6.37. The molecule has 1 aliphatic carbocycles. The Morgan fingerprint density at radius 1 is 1.37 bits per heavy atom. The summed E-state index contributed by atoms with van der Waals surface area (Å²) >= 11 is 0. The summed E-state index contributed by atoms with van der Waals surface area (Å²) < 4.78 is 10.7. The van der Waals surface area contributed by atoms with Gasteiger partial charge in [-0.2, -0.15) is 0 Å². The van der Waals surface area contributed by atoms with E-state index >= 15 is 0 Å². The fourth-order valence-corrected chi connectivity index (χ4v) is 1.83. The Balaban J connectivity index is 2.17.